The number of aliphatic carboxylic acids is 2. The van der Waals surface area contributed by atoms with Gasteiger partial charge in [0, 0.05) is 6.20 Å². The van der Waals surface area contributed by atoms with Crippen molar-refractivity contribution >= 4 is 23.9 Å². The van der Waals surface area contributed by atoms with E-state index in [9.17, 15) is 19.2 Å². The average molecular weight is 313 g/mol. The van der Waals surface area contributed by atoms with Crippen molar-refractivity contribution in [1.82, 2.24) is 4.98 Å². The van der Waals surface area contributed by atoms with Gasteiger partial charge >= 0.3 is 23.9 Å². The van der Waals surface area contributed by atoms with E-state index in [-0.39, 0.29) is 5.69 Å². The lowest BCUT2D eigenvalue weighted by Crippen LogP contribution is -2.45. The van der Waals surface area contributed by atoms with Crippen LogP contribution in [0.3, 0.4) is 0 Å². The molecule has 0 saturated carbocycles. The molecule has 0 aliphatic heterocycles. The quantitative estimate of drug-likeness (QED) is 0.269. The first-order chi connectivity index (χ1) is 10.3. The number of esters is 2. The summed E-state index contributed by atoms with van der Waals surface area (Å²) in [6.07, 6.45) is -1.14. The molecule has 0 amide bonds. The number of carbonyl (C=O) groups is 4. The molecule has 3 N–H and O–H groups in total. The summed E-state index contributed by atoms with van der Waals surface area (Å²) in [4.78, 5) is 52.0. The van der Waals surface area contributed by atoms with Crippen LogP contribution in [0, 0.1) is 0 Å². The van der Waals surface area contributed by atoms with Crippen molar-refractivity contribution in [2.24, 2.45) is 0 Å². The van der Waals surface area contributed by atoms with Crippen LogP contribution >= 0.6 is 0 Å². The van der Waals surface area contributed by atoms with Crippen molar-refractivity contribution in [3.63, 3.8) is 0 Å². The minimum Gasteiger partial charge on any atom is -0.481 e. The molecule has 1 unspecified atom stereocenters. The van der Waals surface area contributed by atoms with Gasteiger partial charge in [0.2, 0.25) is 5.60 Å². The maximum Gasteiger partial charge on any atom is 0.364 e. The van der Waals surface area contributed by atoms with Gasteiger partial charge in [-0.25, -0.2) is 19.5 Å². The van der Waals surface area contributed by atoms with Crippen LogP contribution in [0.25, 0.3) is 0 Å². The van der Waals surface area contributed by atoms with Crippen LogP contribution in [0.2, 0.25) is 0 Å². The normalized spacial score (nSPS) is 13.0. The standard InChI is InChI=1S/C12H11NO9/c14-8(15)5-12(22-20,11(18)19)6-9(16)21-10(17)7-3-1-2-4-13-7/h1-4,20H,5-6H2,(H,14,15)(H,18,19). The Hall–Kier alpha value is -2.85. The largest absolute Gasteiger partial charge is 0.481 e. The Labute approximate surface area is 122 Å². The molecular weight excluding hydrogens is 302 g/mol. The van der Waals surface area contributed by atoms with E-state index in [2.05, 4.69) is 14.6 Å². The maximum atomic E-state index is 11.6. The van der Waals surface area contributed by atoms with Gasteiger partial charge in [0.15, 0.2) is 0 Å². The molecule has 0 fully saturated rings. The van der Waals surface area contributed by atoms with E-state index in [1.165, 1.54) is 24.4 Å². The molecular formula is C12H11NO9. The average Bonchev–Trinajstić information content (AvgIpc) is 2.46. The molecule has 10 nitrogen and oxygen atoms in total. The van der Waals surface area contributed by atoms with E-state index in [0.717, 1.165) is 0 Å². The van der Waals surface area contributed by atoms with Crippen molar-refractivity contribution in [1.29, 1.82) is 0 Å². The van der Waals surface area contributed by atoms with Gasteiger partial charge in [-0.15, -0.1) is 0 Å². The highest BCUT2D eigenvalue weighted by Crippen LogP contribution is 2.21. The minimum absolute atomic E-state index is 0.208. The highest BCUT2D eigenvalue weighted by molar-refractivity contribution is 5.97. The molecule has 0 bridgehead atoms. The molecule has 1 aromatic heterocycles. The number of hydrogen-bond acceptors (Lipinski definition) is 8. The Kier molecular flexibility index (Phi) is 5.66. The zero-order chi connectivity index (χ0) is 16.8. The second-order valence-corrected chi connectivity index (χ2v) is 4.11. The first-order valence-electron chi connectivity index (χ1n) is 5.74. The Morgan fingerprint density at radius 1 is 1.14 bits per heavy atom. The number of hydrogen-bond donors (Lipinski definition) is 3. The topological polar surface area (TPSA) is 160 Å². The van der Waals surface area contributed by atoms with Crippen molar-refractivity contribution in [3.8, 4) is 0 Å². The summed E-state index contributed by atoms with van der Waals surface area (Å²) in [6, 6.07) is 4.22. The summed E-state index contributed by atoms with van der Waals surface area (Å²) in [5.74, 6) is -6.09. The fourth-order valence-corrected chi connectivity index (χ4v) is 1.47. The zero-order valence-electron chi connectivity index (χ0n) is 11.0. The molecule has 22 heavy (non-hydrogen) atoms. The number of carboxylic acid groups (broad SMARTS) is 2. The lowest BCUT2D eigenvalue weighted by molar-refractivity contribution is -0.318. The summed E-state index contributed by atoms with van der Waals surface area (Å²) >= 11 is 0. The zero-order valence-corrected chi connectivity index (χ0v) is 11.0. The molecule has 118 valence electrons. The summed E-state index contributed by atoms with van der Waals surface area (Å²) in [5.41, 5.74) is -2.97. The Morgan fingerprint density at radius 2 is 1.82 bits per heavy atom. The number of ether oxygens (including phenoxy) is 1. The molecule has 1 heterocycles. The van der Waals surface area contributed by atoms with E-state index in [1.54, 1.807) is 0 Å². The highest BCUT2D eigenvalue weighted by atomic mass is 17.1. The number of aromatic nitrogens is 1. The van der Waals surface area contributed by atoms with E-state index in [1.807, 2.05) is 0 Å². The Bertz CT molecular complexity index is 586. The second-order valence-electron chi connectivity index (χ2n) is 4.11. The fraction of sp³-hybridized carbons (Fsp3) is 0.250. The lowest BCUT2D eigenvalue weighted by Gasteiger charge is -2.22. The van der Waals surface area contributed by atoms with Crippen LogP contribution in [-0.2, 0) is 24.0 Å². The molecule has 0 aliphatic carbocycles. The van der Waals surface area contributed by atoms with Crippen LogP contribution in [-0.4, -0.2) is 49.9 Å². The first kappa shape index (κ1) is 17.2. The highest BCUT2D eigenvalue weighted by Gasteiger charge is 2.46. The summed E-state index contributed by atoms with van der Waals surface area (Å²) in [6.45, 7) is 0. The number of pyridine rings is 1. The summed E-state index contributed by atoms with van der Waals surface area (Å²) in [5, 5.41) is 26.2. The van der Waals surface area contributed by atoms with Crippen molar-refractivity contribution in [2.75, 3.05) is 0 Å². The smallest absolute Gasteiger partial charge is 0.364 e. The number of carbonyl (C=O) groups excluding carboxylic acids is 2. The summed E-state index contributed by atoms with van der Waals surface area (Å²) < 4.78 is 4.34. The van der Waals surface area contributed by atoms with Gasteiger partial charge in [0.1, 0.15) is 5.69 Å². The third-order valence-electron chi connectivity index (χ3n) is 2.51. The van der Waals surface area contributed by atoms with E-state index >= 15 is 0 Å². The maximum absolute atomic E-state index is 11.6. The first-order valence-corrected chi connectivity index (χ1v) is 5.74. The molecule has 0 spiro atoms. The molecule has 0 saturated heterocycles. The van der Waals surface area contributed by atoms with Crippen molar-refractivity contribution in [2.45, 2.75) is 18.4 Å². The van der Waals surface area contributed by atoms with Gasteiger partial charge < -0.3 is 14.9 Å². The van der Waals surface area contributed by atoms with Crippen LogP contribution in [0.4, 0.5) is 0 Å². The molecule has 1 aromatic rings. The predicted octanol–water partition coefficient (Wildman–Crippen LogP) is -0.0572. The van der Waals surface area contributed by atoms with Crippen LogP contribution in [0.5, 0.6) is 0 Å². The monoisotopic (exact) mass is 313 g/mol. The van der Waals surface area contributed by atoms with Crippen LogP contribution in [0.15, 0.2) is 24.4 Å². The number of nitrogens with zero attached hydrogens (tertiary/aromatic N) is 1. The minimum atomic E-state index is -2.76. The summed E-state index contributed by atoms with van der Waals surface area (Å²) in [7, 11) is 0. The van der Waals surface area contributed by atoms with Gasteiger partial charge in [-0.2, -0.15) is 0 Å². The van der Waals surface area contributed by atoms with E-state index in [4.69, 9.17) is 15.5 Å². The number of carboxylic acids is 2. The van der Waals surface area contributed by atoms with Crippen LogP contribution < -0.4 is 0 Å². The van der Waals surface area contributed by atoms with Crippen molar-refractivity contribution < 1.29 is 44.3 Å². The lowest BCUT2D eigenvalue weighted by atomic mass is 9.96. The third-order valence-corrected chi connectivity index (χ3v) is 2.51. The van der Waals surface area contributed by atoms with E-state index < -0.39 is 42.3 Å². The Balaban J connectivity index is 2.81. The van der Waals surface area contributed by atoms with E-state index in [0.29, 0.717) is 0 Å². The molecule has 1 atom stereocenters. The van der Waals surface area contributed by atoms with Crippen LogP contribution in [0.1, 0.15) is 23.3 Å². The molecule has 0 aromatic carbocycles. The third kappa shape index (κ3) is 4.33. The second kappa shape index (κ2) is 7.24. The van der Waals surface area contributed by atoms with Gasteiger partial charge in [-0.05, 0) is 12.1 Å². The van der Waals surface area contributed by atoms with Crippen molar-refractivity contribution in [3.05, 3.63) is 30.1 Å². The van der Waals surface area contributed by atoms with Gasteiger partial charge in [0.25, 0.3) is 0 Å². The van der Waals surface area contributed by atoms with Gasteiger partial charge in [-0.3, -0.25) is 14.8 Å². The Morgan fingerprint density at radius 3 is 2.27 bits per heavy atom. The predicted molar refractivity (Wildman–Crippen MR) is 65.6 cm³/mol. The van der Waals surface area contributed by atoms with Gasteiger partial charge in [0.05, 0.1) is 12.8 Å². The molecule has 0 radical (unpaired) electrons. The SMILES string of the molecule is O=C(O)CC(CC(=O)OC(=O)c1ccccn1)(OO)C(=O)O. The molecule has 10 heteroatoms. The molecule has 1 rings (SSSR count). The molecule has 0 aliphatic rings. The van der Waals surface area contributed by atoms with Gasteiger partial charge in [-0.1, -0.05) is 6.07 Å². The fourth-order valence-electron chi connectivity index (χ4n) is 1.47. The number of rotatable bonds is 7.